The molecule has 0 unspecified atom stereocenters. The van der Waals surface area contributed by atoms with Crippen LogP contribution in [-0.2, 0) is 16.0 Å². The third-order valence-corrected chi connectivity index (χ3v) is 5.49. The highest BCUT2D eigenvalue weighted by Gasteiger charge is 2.22. The van der Waals surface area contributed by atoms with Gasteiger partial charge in [0.1, 0.15) is 0 Å². The number of benzene rings is 2. The zero-order chi connectivity index (χ0) is 23.9. The zero-order valence-corrected chi connectivity index (χ0v) is 19.3. The number of ether oxygens (including phenoxy) is 2. The molecule has 2 heterocycles. The normalized spacial score (nSPS) is 12.1. The molecule has 34 heavy (non-hydrogen) atoms. The van der Waals surface area contributed by atoms with Crippen LogP contribution in [0.25, 0.3) is 0 Å². The Hall–Kier alpha value is -4.11. The summed E-state index contributed by atoms with van der Waals surface area (Å²) in [6.45, 7) is 5.97. The molecular formula is C25H28N6O3. The lowest BCUT2D eigenvalue weighted by atomic mass is 10.1. The Labute approximate surface area is 198 Å². The van der Waals surface area contributed by atoms with E-state index in [0.29, 0.717) is 29.8 Å². The molecule has 9 nitrogen and oxygen atoms in total. The smallest absolute Gasteiger partial charge is 0.247 e. The molecule has 0 fully saturated rings. The van der Waals surface area contributed by atoms with Crippen LogP contribution >= 0.6 is 0 Å². The molecule has 2 aromatic carbocycles. The van der Waals surface area contributed by atoms with Gasteiger partial charge < -0.3 is 30.3 Å². The molecule has 1 amide bonds. The Kier molecular flexibility index (Phi) is 7.24. The molecule has 0 saturated heterocycles. The molecule has 1 aromatic heterocycles. The quantitative estimate of drug-likeness (QED) is 0.389. The van der Waals surface area contributed by atoms with Gasteiger partial charge in [0, 0.05) is 48.5 Å². The Morgan fingerprint density at radius 1 is 1.18 bits per heavy atom. The molecule has 1 aliphatic rings. The van der Waals surface area contributed by atoms with Crippen molar-refractivity contribution >= 4 is 40.4 Å². The minimum Gasteiger partial charge on any atom is -0.491 e. The summed E-state index contributed by atoms with van der Waals surface area (Å²) in [4.78, 5) is 23.0. The third kappa shape index (κ3) is 5.26. The maximum atomic E-state index is 11.6. The second kappa shape index (κ2) is 10.7. The number of carbonyl (C=O) groups excluding carboxylic acids is 1. The molecule has 0 aliphatic carbocycles. The van der Waals surface area contributed by atoms with E-state index in [2.05, 4.69) is 43.5 Å². The van der Waals surface area contributed by atoms with Crippen molar-refractivity contribution in [2.24, 2.45) is 0 Å². The number of hydrogen-bond acceptors (Lipinski definition) is 8. The highest BCUT2D eigenvalue weighted by molar-refractivity contribution is 5.99. The van der Waals surface area contributed by atoms with Crippen LogP contribution in [0.1, 0.15) is 5.56 Å². The predicted octanol–water partition coefficient (Wildman–Crippen LogP) is 4.11. The number of nitrogens with one attached hydrogen (secondary N) is 3. The Balaban J connectivity index is 1.55. The number of nitrogens with zero attached hydrogens (tertiary/aromatic N) is 3. The Morgan fingerprint density at radius 3 is 2.79 bits per heavy atom. The van der Waals surface area contributed by atoms with E-state index in [9.17, 15) is 4.79 Å². The molecule has 0 bridgehead atoms. The van der Waals surface area contributed by atoms with E-state index in [-0.39, 0.29) is 5.91 Å². The van der Waals surface area contributed by atoms with Crippen molar-refractivity contribution in [3.8, 4) is 5.75 Å². The Bertz CT molecular complexity index is 1180. The SMILES string of the molecule is C=CC(=O)Nc1cccc(Nc2nc(Nc3cccc4c3CCN4CCOC)ncc2OC)c1. The van der Waals surface area contributed by atoms with Crippen molar-refractivity contribution in [3.63, 3.8) is 0 Å². The lowest BCUT2D eigenvalue weighted by molar-refractivity contribution is -0.111. The highest BCUT2D eigenvalue weighted by atomic mass is 16.5. The summed E-state index contributed by atoms with van der Waals surface area (Å²) in [6.07, 6.45) is 3.78. The van der Waals surface area contributed by atoms with E-state index in [4.69, 9.17) is 9.47 Å². The molecule has 3 N–H and O–H groups in total. The van der Waals surface area contributed by atoms with Gasteiger partial charge in [0.15, 0.2) is 11.6 Å². The van der Waals surface area contributed by atoms with Crippen LogP contribution in [0, 0.1) is 0 Å². The first-order valence-electron chi connectivity index (χ1n) is 11.0. The van der Waals surface area contributed by atoms with E-state index in [1.807, 2.05) is 24.3 Å². The Morgan fingerprint density at radius 2 is 2.00 bits per heavy atom. The first kappa shape index (κ1) is 23.1. The van der Waals surface area contributed by atoms with Gasteiger partial charge >= 0.3 is 0 Å². The fourth-order valence-electron chi connectivity index (χ4n) is 3.85. The second-order valence-corrected chi connectivity index (χ2v) is 7.67. The first-order valence-corrected chi connectivity index (χ1v) is 11.0. The van der Waals surface area contributed by atoms with E-state index in [1.165, 1.54) is 17.3 Å². The molecule has 9 heteroatoms. The summed E-state index contributed by atoms with van der Waals surface area (Å²) < 4.78 is 10.7. The largest absolute Gasteiger partial charge is 0.491 e. The minimum absolute atomic E-state index is 0.278. The number of amides is 1. The average molecular weight is 461 g/mol. The fraction of sp³-hybridized carbons (Fsp3) is 0.240. The summed E-state index contributed by atoms with van der Waals surface area (Å²) in [5.74, 6) is 1.17. The topological polar surface area (TPSA) is 101 Å². The number of anilines is 6. The van der Waals surface area contributed by atoms with Gasteiger partial charge in [0.2, 0.25) is 11.9 Å². The molecule has 176 valence electrons. The molecule has 0 radical (unpaired) electrons. The third-order valence-electron chi connectivity index (χ3n) is 5.49. The van der Waals surface area contributed by atoms with Crippen LogP contribution in [0.4, 0.5) is 34.5 Å². The van der Waals surface area contributed by atoms with Crippen LogP contribution in [-0.4, -0.2) is 49.8 Å². The number of aromatic nitrogens is 2. The van der Waals surface area contributed by atoms with E-state index < -0.39 is 0 Å². The van der Waals surface area contributed by atoms with Gasteiger partial charge in [-0.25, -0.2) is 4.98 Å². The van der Waals surface area contributed by atoms with Crippen molar-refractivity contribution < 1.29 is 14.3 Å². The summed E-state index contributed by atoms with van der Waals surface area (Å²) in [5.41, 5.74) is 4.78. The van der Waals surface area contributed by atoms with Crippen molar-refractivity contribution in [1.82, 2.24) is 9.97 Å². The van der Waals surface area contributed by atoms with Gasteiger partial charge in [-0.2, -0.15) is 4.98 Å². The first-order chi connectivity index (χ1) is 16.6. The maximum Gasteiger partial charge on any atom is 0.247 e. The van der Waals surface area contributed by atoms with E-state index >= 15 is 0 Å². The van der Waals surface area contributed by atoms with Crippen LogP contribution in [0.2, 0.25) is 0 Å². The van der Waals surface area contributed by atoms with E-state index in [1.54, 1.807) is 32.5 Å². The summed E-state index contributed by atoms with van der Waals surface area (Å²) in [5, 5.41) is 9.35. The number of carbonyl (C=O) groups is 1. The van der Waals surface area contributed by atoms with Crippen LogP contribution < -0.4 is 25.6 Å². The van der Waals surface area contributed by atoms with Crippen molar-refractivity contribution in [1.29, 1.82) is 0 Å². The molecular weight excluding hydrogens is 432 g/mol. The molecule has 0 atom stereocenters. The number of fused-ring (bicyclic) bond motifs is 1. The second-order valence-electron chi connectivity index (χ2n) is 7.67. The van der Waals surface area contributed by atoms with Crippen molar-refractivity contribution in [3.05, 3.63) is 66.9 Å². The van der Waals surface area contributed by atoms with Gasteiger partial charge in [0.25, 0.3) is 0 Å². The average Bonchev–Trinajstić information content (AvgIpc) is 3.27. The van der Waals surface area contributed by atoms with Gasteiger partial charge in [-0.15, -0.1) is 0 Å². The monoisotopic (exact) mass is 460 g/mol. The van der Waals surface area contributed by atoms with E-state index in [0.717, 1.165) is 30.9 Å². The zero-order valence-electron chi connectivity index (χ0n) is 19.3. The van der Waals surface area contributed by atoms with Gasteiger partial charge in [-0.3, -0.25) is 4.79 Å². The lowest BCUT2D eigenvalue weighted by Crippen LogP contribution is -2.24. The summed E-state index contributed by atoms with van der Waals surface area (Å²) in [7, 11) is 3.28. The molecule has 0 spiro atoms. The van der Waals surface area contributed by atoms with Gasteiger partial charge in [-0.1, -0.05) is 18.7 Å². The van der Waals surface area contributed by atoms with Gasteiger partial charge in [0.05, 0.1) is 19.9 Å². The lowest BCUT2D eigenvalue weighted by Gasteiger charge is -2.19. The standard InChI is InChI=1S/C25H28N6O3/c1-4-23(32)27-17-7-5-8-18(15-17)28-24-22(34-3)16-26-25(30-24)29-20-9-6-10-21-19(20)11-12-31(21)13-14-33-2/h4-10,15-16H,1,11-14H2,2-3H3,(H,27,32)(H2,26,28,29,30). The maximum absolute atomic E-state index is 11.6. The van der Waals surface area contributed by atoms with Crippen molar-refractivity contribution in [2.45, 2.75) is 6.42 Å². The number of hydrogen-bond donors (Lipinski definition) is 3. The minimum atomic E-state index is -0.278. The summed E-state index contributed by atoms with van der Waals surface area (Å²) >= 11 is 0. The van der Waals surface area contributed by atoms with Gasteiger partial charge in [-0.05, 0) is 42.8 Å². The number of rotatable bonds is 10. The fourth-order valence-corrected chi connectivity index (χ4v) is 3.85. The molecule has 3 aromatic rings. The highest BCUT2D eigenvalue weighted by Crippen LogP contribution is 2.35. The molecule has 1 aliphatic heterocycles. The van der Waals surface area contributed by atoms with Crippen LogP contribution in [0.15, 0.2) is 61.3 Å². The van der Waals surface area contributed by atoms with Crippen LogP contribution in [0.3, 0.4) is 0 Å². The molecule has 0 saturated carbocycles. The number of methoxy groups -OCH3 is 2. The van der Waals surface area contributed by atoms with Crippen LogP contribution in [0.5, 0.6) is 5.75 Å². The molecule has 4 rings (SSSR count). The summed E-state index contributed by atoms with van der Waals surface area (Å²) in [6, 6.07) is 13.5. The van der Waals surface area contributed by atoms with Crippen molar-refractivity contribution in [2.75, 3.05) is 54.8 Å². The predicted molar refractivity (Wildman–Crippen MR) is 135 cm³/mol.